The normalized spacial score (nSPS) is 15.9. The van der Waals surface area contributed by atoms with Gasteiger partial charge in [-0.05, 0) is 56.2 Å². The topological polar surface area (TPSA) is 122 Å². The second-order valence-corrected chi connectivity index (χ2v) is 12.5. The number of carboxylic acid groups (broad SMARTS) is 1. The number of carbonyl (C=O) groups is 2. The first-order valence-corrected chi connectivity index (χ1v) is 14.0. The van der Waals surface area contributed by atoms with Gasteiger partial charge in [-0.2, -0.15) is 4.31 Å². The minimum absolute atomic E-state index is 0.0158. The molecule has 1 aliphatic rings. The van der Waals surface area contributed by atoms with E-state index in [-0.39, 0.29) is 30.2 Å². The molecule has 1 heterocycles. The molecule has 1 unspecified atom stereocenters. The van der Waals surface area contributed by atoms with Gasteiger partial charge < -0.3 is 19.9 Å². The molecule has 1 fully saturated rings. The molecule has 1 aliphatic heterocycles. The van der Waals surface area contributed by atoms with Gasteiger partial charge in [0.2, 0.25) is 10.0 Å². The molecule has 1 saturated heterocycles. The molecule has 4 rings (SSSR count). The predicted octanol–water partition coefficient (Wildman–Crippen LogP) is 4.32. The van der Waals surface area contributed by atoms with E-state index >= 15 is 0 Å². The molecule has 1 amide bonds. The monoisotopic (exact) mass is 570 g/mol. The second-order valence-electron chi connectivity index (χ2n) is 10.6. The van der Waals surface area contributed by atoms with Crippen molar-refractivity contribution in [3.63, 3.8) is 0 Å². The van der Waals surface area contributed by atoms with Gasteiger partial charge in [-0.1, -0.05) is 48.5 Å². The highest BCUT2D eigenvalue weighted by Gasteiger charge is 2.52. The summed E-state index contributed by atoms with van der Waals surface area (Å²) in [6.45, 7) is 4.93. The number of benzene rings is 3. The van der Waals surface area contributed by atoms with E-state index in [4.69, 9.17) is 9.47 Å². The number of alkyl carbamates (subject to hydrolysis) is 1. The van der Waals surface area contributed by atoms with Crippen LogP contribution in [-0.4, -0.2) is 54.6 Å². The van der Waals surface area contributed by atoms with Crippen LogP contribution in [0.3, 0.4) is 0 Å². The van der Waals surface area contributed by atoms with E-state index in [0.29, 0.717) is 5.56 Å². The first-order valence-electron chi connectivity index (χ1n) is 12.6. The largest absolute Gasteiger partial charge is 0.480 e. The maximum atomic E-state index is 13.8. The first-order chi connectivity index (χ1) is 18.8. The van der Waals surface area contributed by atoms with Gasteiger partial charge in [0.15, 0.2) is 5.60 Å². The Hall–Kier alpha value is -3.96. The summed E-state index contributed by atoms with van der Waals surface area (Å²) in [5, 5.41) is 11.9. The molecule has 0 aliphatic carbocycles. The number of sulfonamides is 1. The van der Waals surface area contributed by atoms with E-state index in [9.17, 15) is 27.5 Å². The van der Waals surface area contributed by atoms with Crippen molar-refractivity contribution in [3.8, 4) is 5.75 Å². The van der Waals surface area contributed by atoms with Gasteiger partial charge in [0.05, 0.1) is 18.0 Å². The summed E-state index contributed by atoms with van der Waals surface area (Å²) in [5.74, 6) is -1.48. The van der Waals surface area contributed by atoms with Crippen LogP contribution < -0.4 is 10.1 Å². The number of carbonyl (C=O) groups excluding carboxylic acids is 1. The van der Waals surface area contributed by atoms with Crippen LogP contribution in [0.15, 0.2) is 83.8 Å². The average molecular weight is 571 g/mol. The Morgan fingerprint density at radius 3 is 2.33 bits per heavy atom. The zero-order valence-electron chi connectivity index (χ0n) is 22.3. The van der Waals surface area contributed by atoms with Crippen molar-refractivity contribution in [2.24, 2.45) is 0 Å². The number of amides is 1. The average Bonchev–Trinajstić information content (AvgIpc) is 2.85. The molecule has 3 aromatic rings. The van der Waals surface area contributed by atoms with Crippen molar-refractivity contribution < 1.29 is 37.0 Å². The predicted molar refractivity (Wildman–Crippen MR) is 145 cm³/mol. The number of halogens is 1. The van der Waals surface area contributed by atoms with Crippen LogP contribution in [-0.2, 0) is 31.6 Å². The summed E-state index contributed by atoms with van der Waals surface area (Å²) < 4.78 is 53.5. The van der Waals surface area contributed by atoms with Crippen molar-refractivity contribution in [2.45, 2.75) is 49.3 Å². The Balaban J connectivity index is 1.53. The van der Waals surface area contributed by atoms with Crippen molar-refractivity contribution in [1.29, 1.82) is 0 Å². The minimum Gasteiger partial charge on any atom is -0.480 e. The molecular weight excluding hydrogens is 539 g/mol. The van der Waals surface area contributed by atoms with E-state index in [2.05, 4.69) is 5.32 Å². The van der Waals surface area contributed by atoms with E-state index < -0.39 is 45.1 Å². The molecule has 40 heavy (non-hydrogen) atoms. The third-order valence-electron chi connectivity index (χ3n) is 6.24. The van der Waals surface area contributed by atoms with Gasteiger partial charge in [-0.15, -0.1) is 0 Å². The number of nitrogens with one attached hydrogen (secondary N) is 1. The second kappa shape index (κ2) is 11.3. The van der Waals surface area contributed by atoms with E-state index in [0.717, 1.165) is 5.56 Å². The van der Waals surface area contributed by atoms with Crippen LogP contribution >= 0.6 is 0 Å². The highest BCUT2D eigenvalue weighted by molar-refractivity contribution is 7.89. The summed E-state index contributed by atoms with van der Waals surface area (Å²) in [6, 6.07) is 19.4. The molecule has 0 bridgehead atoms. The summed E-state index contributed by atoms with van der Waals surface area (Å²) in [7, 11) is -3.99. The Kier molecular flexibility index (Phi) is 8.18. The van der Waals surface area contributed by atoms with Gasteiger partial charge in [-0.25, -0.2) is 22.4 Å². The highest BCUT2D eigenvalue weighted by atomic mass is 32.2. The number of ether oxygens (including phenoxy) is 2. The van der Waals surface area contributed by atoms with Crippen LogP contribution in [0.5, 0.6) is 5.75 Å². The smallest absolute Gasteiger partial charge is 0.408 e. The van der Waals surface area contributed by atoms with Gasteiger partial charge in [0.25, 0.3) is 0 Å². The summed E-state index contributed by atoms with van der Waals surface area (Å²) >= 11 is 0. The van der Waals surface area contributed by atoms with Gasteiger partial charge in [-0.3, -0.25) is 0 Å². The minimum atomic E-state index is -3.99. The van der Waals surface area contributed by atoms with Crippen LogP contribution in [0.4, 0.5) is 9.18 Å². The SMILES string of the molecule is CC(C)(C)OC(=O)NC(Cc1cccc(S(=O)(=O)N2CC(Oc3cccc(F)c3)(c3ccccc3)C2)c1)C(=O)O. The fraction of sp³-hybridized carbons (Fsp3) is 0.310. The Morgan fingerprint density at radius 2 is 1.70 bits per heavy atom. The Bertz CT molecular complexity index is 1480. The van der Waals surface area contributed by atoms with Crippen LogP contribution in [0.1, 0.15) is 31.9 Å². The van der Waals surface area contributed by atoms with E-state index in [1.807, 2.05) is 30.3 Å². The first kappa shape index (κ1) is 29.0. The highest BCUT2D eigenvalue weighted by Crippen LogP contribution is 2.40. The van der Waals surface area contributed by atoms with E-state index in [1.54, 1.807) is 32.9 Å². The lowest BCUT2D eigenvalue weighted by Crippen LogP contribution is -2.64. The van der Waals surface area contributed by atoms with Crippen LogP contribution in [0.2, 0.25) is 0 Å². The molecule has 0 radical (unpaired) electrons. The lowest BCUT2D eigenvalue weighted by atomic mass is 9.87. The number of aliphatic carboxylic acids is 1. The molecule has 3 aromatic carbocycles. The molecule has 1 atom stereocenters. The molecule has 212 valence electrons. The molecule has 0 spiro atoms. The number of carboxylic acids is 1. The van der Waals surface area contributed by atoms with Crippen molar-refractivity contribution in [1.82, 2.24) is 9.62 Å². The maximum Gasteiger partial charge on any atom is 0.408 e. The van der Waals surface area contributed by atoms with Gasteiger partial charge >= 0.3 is 12.1 Å². The van der Waals surface area contributed by atoms with Crippen molar-refractivity contribution in [3.05, 3.63) is 95.8 Å². The van der Waals surface area contributed by atoms with Gasteiger partial charge in [0, 0.05) is 12.5 Å². The number of hydrogen-bond acceptors (Lipinski definition) is 6. The molecule has 2 N–H and O–H groups in total. The summed E-state index contributed by atoms with van der Waals surface area (Å²) in [5.41, 5.74) is -0.690. The van der Waals surface area contributed by atoms with Crippen LogP contribution in [0.25, 0.3) is 0 Å². The zero-order valence-corrected chi connectivity index (χ0v) is 23.2. The standard InChI is InChI=1S/C29H31FN2O7S/c1-28(2,3)39-27(35)31-25(26(33)34)16-20-9-7-14-24(15-20)40(36,37)32-18-29(19-32,21-10-5-4-6-11-21)38-23-13-8-12-22(30)17-23/h4-15,17,25H,16,18-19H2,1-3H3,(H,31,35)(H,33,34). The van der Waals surface area contributed by atoms with Crippen LogP contribution in [0, 0.1) is 5.82 Å². The van der Waals surface area contributed by atoms with Crippen molar-refractivity contribution in [2.75, 3.05) is 13.1 Å². The fourth-order valence-corrected chi connectivity index (χ4v) is 5.97. The maximum absolute atomic E-state index is 13.8. The van der Waals surface area contributed by atoms with E-state index in [1.165, 1.54) is 40.7 Å². The molecular formula is C29H31FN2O7S. The Morgan fingerprint density at radius 1 is 1.02 bits per heavy atom. The molecule has 9 nitrogen and oxygen atoms in total. The number of hydrogen-bond donors (Lipinski definition) is 2. The third kappa shape index (κ3) is 6.78. The third-order valence-corrected chi connectivity index (χ3v) is 8.03. The quantitative estimate of drug-likeness (QED) is 0.393. The summed E-state index contributed by atoms with van der Waals surface area (Å²) in [4.78, 5) is 23.9. The molecule has 0 aromatic heterocycles. The van der Waals surface area contributed by atoms with Crippen molar-refractivity contribution >= 4 is 22.1 Å². The Labute approximate surface area is 232 Å². The lowest BCUT2D eigenvalue weighted by molar-refractivity contribution is -0.139. The summed E-state index contributed by atoms with van der Waals surface area (Å²) in [6.07, 6.45) is -1.05. The van der Waals surface area contributed by atoms with Gasteiger partial charge in [0.1, 0.15) is 23.2 Å². The molecule has 0 saturated carbocycles. The fourth-order valence-electron chi connectivity index (χ4n) is 4.37. The number of rotatable bonds is 9. The lowest BCUT2D eigenvalue weighted by Gasteiger charge is -2.48. The number of nitrogens with zero attached hydrogens (tertiary/aromatic N) is 1. The zero-order chi connectivity index (χ0) is 29.1. The molecule has 11 heteroatoms.